The molecule has 1 atom stereocenters. The molecule has 1 unspecified atom stereocenters. The molecule has 190 valence electrons. The molecule has 8 nitrogen and oxygen atoms in total. The maximum absolute atomic E-state index is 13.8. The summed E-state index contributed by atoms with van der Waals surface area (Å²) < 4.78 is 20.9. The highest BCUT2D eigenvalue weighted by Crippen LogP contribution is 2.46. The summed E-state index contributed by atoms with van der Waals surface area (Å²) in [4.78, 5) is 31.6. The van der Waals surface area contributed by atoms with Gasteiger partial charge in [0.2, 0.25) is 5.91 Å². The molecule has 1 N–H and O–H groups in total. The SMILES string of the molecule is COc1cc(C2(C)C(=O)Nc3nc(-c4cn5ccnc5c(Cc5cccc(F)c5)n4)nc(Cl)c32)ccc1Cl. The van der Waals surface area contributed by atoms with E-state index >= 15 is 0 Å². The average molecular weight is 549 g/mol. The van der Waals surface area contributed by atoms with E-state index in [0.717, 1.165) is 5.56 Å². The Morgan fingerprint density at radius 3 is 2.76 bits per heavy atom. The second-order valence-corrected chi connectivity index (χ2v) is 9.79. The summed E-state index contributed by atoms with van der Waals surface area (Å²) in [5, 5.41) is 3.38. The molecule has 0 aliphatic carbocycles. The number of ether oxygens (including phenoxy) is 1. The van der Waals surface area contributed by atoms with Crippen LogP contribution in [0.2, 0.25) is 10.2 Å². The highest BCUT2D eigenvalue weighted by molar-refractivity contribution is 6.32. The molecule has 38 heavy (non-hydrogen) atoms. The monoisotopic (exact) mass is 548 g/mol. The second-order valence-electron chi connectivity index (χ2n) is 9.03. The number of nitrogens with one attached hydrogen (secondary N) is 1. The minimum absolute atomic E-state index is 0.110. The Bertz CT molecular complexity index is 1760. The molecule has 1 amide bonds. The van der Waals surface area contributed by atoms with Crippen molar-refractivity contribution in [3.8, 4) is 17.3 Å². The minimum atomic E-state index is -1.17. The van der Waals surface area contributed by atoms with Crippen LogP contribution in [0.1, 0.15) is 29.3 Å². The Morgan fingerprint density at radius 1 is 1.13 bits per heavy atom. The fraction of sp³-hybridized carbons (Fsp3) is 0.148. The van der Waals surface area contributed by atoms with E-state index in [1.54, 1.807) is 54.2 Å². The summed E-state index contributed by atoms with van der Waals surface area (Å²) in [6, 6.07) is 11.4. The number of hydrogen-bond donors (Lipinski definition) is 1. The van der Waals surface area contributed by atoms with Gasteiger partial charge in [0, 0.05) is 25.0 Å². The van der Waals surface area contributed by atoms with Gasteiger partial charge in [-0.25, -0.2) is 24.3 Å². The van der Waals surface area contributed by atoms with E-state index in [1.807, 2.05) is 6.07 Å². The van der Waals surface area contributed by atoms with Gasteiger partial charge in [-0.1, -0.05) is 41.4 Å². The van der Waals surface area contributed by atoms with Gasteiger partial charge >= 0.3 is 0 Å². The van der Waals surface area contributed by atoms with E-state index < -0.39 is 5.41 Å². The zero-order chi connectivity index (χ0) is 26.6. The van der Waals surface area contributed by atoms with E-state index in [1.165, 1.54) is 19.2 Å². The fourth-order valence-electron chi connectivity index (χ4n) is 4.74. The summed E-state index contributed by atoms with van der Waals surface area (Å²) in [6.07, 6.45) is 5.50. The topological polar surface area (TPSA) is 94.3 Å². The minimum Gasteiger partial charge on any atom is -0.495 e. The molecule has 11 heteroatoms. The van der Waals surface area contributed by atoms with E-state index in [2.05, 4.69) is 20.3 Å². The van der Waals surface area contributed by atoms with Gasteiger partial charge in [-0.05, 0) is 42.3 Å². The van der Waals surface area contributed by atoms with Crippen LogP contribution in [0, 0.1) is 5.82 Å². The fourth-order valence-corrected chi connectivity index (χ4v) is 5.29. The van der Waals surface area contributed by atoms with Crippen molar-refractivity contribution in [3.63, 3.8) is 0 Å². The highest BCUT2D eigenvalue weighted by atomic mass is 35.5. The van der Waals surface area contributed by atoms with Gasteiger partial charge in [-0.3, -0.25) is 4.79 Å². The maximum Gasteiger partial charge on any atom is 0.240 e. The van der Waals surface area contributed by atoms with Crippen molar-refractivity contribution < 1.29 is 13.9 Å². The predicted octanol–water partition coefficient (Wildman–Crippen LogP) is 5.49. The molecule has 6 rings (SSSR count). The highest BCUT2D eigenvalue weighted by Gasteiger charge is 2.48. The number of amides is 1. The number of methoxy groups -OCH3 is 1. The van der Waals surface area contributed by atoms with Crippen molar-refractivity contribution in [2.45, 2.75) is 18.8 Å². The number of carbonyl (C=O) groups excluding carboxylic acids is 1. The molecular weight excluding hydrogens is 530 g/mol. The molecule has 0 fully saturated rings. The Balaban J connectivity index is 1.46. The summed E-state index contributed by atoms with van der Waals surface area (Å²) in [5.74, 6) is 0.312. The number of nitrogens with zero attached hydrogens (tertiary/aromatic N) is 5. The van der Waals surface area contributed by atoms with Crippen LogP contribution in [-0.4, -0.2) is 37.4 Å². The first-order chi connectivity index (χ1) is 18.3. The summed E-state index contributed by atoms with van der Waals surface area (Å²) in [7, 11) is 1.50. The first kappa shape index (κ1) is 24.3. The third-order valence-electron chi connectivity index (χ3n) is 6.71. The van der Waals surface area contributed by atoms with Crippen LogP contribution in [0.15, 0.2) is 61.1 Å². The van der Waals surface area contributed by atoms with E-state index in [4.69, 9.17) is 32.9 Å². The third kappa shape index (κ3) is 3.86. The largest absolute Gasteiger partial charge is 0.495 e. The maximum atomic E-state index is 13.8. The number of halogens is 3. The van der Waals surface area contributed by atoms with Gasteiger partial charge in [0.15, 0.2) is 11.5 Å². The second kappa shape index (κ2) is 9.04. The van der Waals surface area contributed by atoms with Crippen molar-refractivity contribution in [1.82, 2.24) is 24.3 Å². The lowest BCUT2D eigenvalue weighted by Crippen LogP contribution is -2.32. The van der Waals surface area contributed by atoms with Gasteiger partial charge in [-0.2, -0.15) is 0 Å². The predicted molar refractivity (Wildman–Crippen MR) is 141 cm³/mol. The third-order valence-corrected chi connectivity index (χ3v) is 7.30. The van der Waals surface area contributed by atoms with Crippen molar-refractivity contribution in [1.29, 1.82) is 0 Å². The number of fused-ring (bicyclic) bond motifs is 2. The van der Waals surface area contributed by atoms with Crippen LogP contribution < -0.4 is 10.1 Å². The Morgan fingerprint density at radius 2 is 1.97 bits per heavy atom. The number of carbonyl (C=O) groups is 1. The summed E-state index contributed by atoms with van der Waals surface area (Å²) >= 11 is 12.9. The molecule has 0 bridgehead atoms. The number of imidazole rings is 1. The lowest BCUT2D eigenvalue weighted by molar-refractivity contribution is -0.119. The Labute approximate surface area is 226 Å². The van der Waals surface area contributed by atoms with Crippen LogP contribution in [-0.2, 0) is 16.6 Å². The molecule has 4 heterocycles. The lowest BCUT2D eigenvalue weighted by atomic mass is 9.78. The average Bonchev–Trinajstić information content (AvgIpc) is 3.47. The molecule has 0 saturated heterocycles. The molecule has 2 aromatic carbocycles. The van der Waals surface area contributed by atoms with Crippen LogP contribution in [0.25, 0.3) is 17.2 Å². The molecule has 1 aliphatic heterocycles. The van der Waals surface area contributed by atoms with Gasteiger partial charge < -0.3 is 14.5 Å². The van der Waals surface area contributed by atoms with Crippen molar-refractivity contribution >= 4 is 40.6 Å². The zero-order valence-corrected chi connectivity index (χ0v) is 21.7. The molecule has 1 aliphatic rings. The van der Waals surface area contributed by atoms with Crippen molar-refractivity contribution in [3.05, 3.63) is 99.4 Å². The summed E-state index contributed by atoms with van der Waals surface area (Å²) in [6.45, 7) is 1.75. The van der Waals surface area contributed by atoms with Gasteiger partial charge in [0.1, 0.15) is 33.6 Å². The van der Waals surface area contributed by atoms with Crippen LogP contribution in [0.3, 0.4) is 0 Å². The Hall–Kier alpha value is -4.08. The number of benzene rings is 2. The first-order valence-electron chi connectivity index (χ1n) is 11.6. The van der Waals surface area contributed by atoms with Gasteiger partial charge in [-0.15, -0.1) is 0 Å². The van der Waals surface area contributed by atoms with Crippen LogP contribution in [0.5, 0.6) is 5.75 Å². The molecule has 0 saturated carbocycles. The molecule has 3 aromatic heterocycles. The van der Waals surface area contributed by atoms with Crippen molar-refractivity contribution in [2.24, 2.45) is 0 Å². The number of anilines is 1. The lowest BCUT2D eigenvalue weighted by Gasteiger charge is -2.24. The first-order valence-corrected chi connectivity index (χ1v) is 12.3. The summed E-state index contributed by atoms with van der Waals surface area (Å²) in [5.41, 5.74) is 2.30. The molecule has 5 aromatic rings. The van der Waals surface area contributed by atoms with Gasteiger partial charge in [0.05, 0.1) is 23.4 Å². The Kier molecular flexibility index (Phi) is 5.77. The zero-order valence-electron chi connectivity index (χ0n) is 20.2. The molecule has 0 spiro atoms. The smallest absolute Gasteiger partial charge is 0.240 e. The van der Waals surface area contributed by atoms with Crippen LogP contribution in [0.4, 0.5) is 10.2 Å². The number of aromatic nitrogens is 5. The van der Waals surface area contributed by atoms with E-state index in [0.29, 0.717) is 51.2 Å². The van der Waals surface area contributed by atoms with Crippen LogP contribution >= 0.6 is 23.2 Å². The standard InChI is InChI=1S/C27H19Cl2FN6O2/c1-27(15-6-7-17(28)20(12-15)38-2)21-22(29)33-23(34-24(21)35-26(27)37)19-13-36-9-8-31-25(36)18(32-19)11-14-4-3-5-16(30)10-14/h3-10,12-13H,11H2,1-2H3,(H,33,34,35,37). The van der Waals surface area contributed by atoms with Crippen molar-refractivity contribution in [2.75, 3.05) is 12.4 Å². The van der Waals surface area contributed by atoms with Gasteiger partial charge in [0.25, 0.3) is 0 Å². The molecular formula is C27H19Cl2FN6O2. The molecule has 0 radical (unpaired) electrons. The quantitative estimate of drug-likeness (QED) is 0.292. The number of rotatable bonds is 5. The number of hydrogen-bond acceptors (Lipinski definition) is 6. The van der Waals surface area contributed by atoms with E-state index in [-0.39, 0.29) is 22.7 Å². The van der Waals surface area contributed by atoms with E-state index in [9.17, 15) is 9.18 Å². The normalized spacial score (nSPS) is 16.5.